The van der Waals surface area contributed by atoms with Crippen molar-refractivity contribution in [2.75, 3.05) is 13.7 Å². The van der Waals surface area contributed by atoms with Crippen LogP contribution < -0.4 is 10.6 Å². The highest BCUT2D eigenvalue weighted by Gasteiger charge is 2.24. The Kier molecular flexibility index (Phi) is 7.92. The van der Waals surface area contributed by atoms with Crippen molar-refractivity contribution in [2.24, 2.45) is 5.92 Å². The van der Waals surface area contributed by atoms with E-state index in [4.69, 9.17) is 0 Å². The Hall–Kier alpha value is -1.88. The molecule has 0 aliphatic heterocycles. The van der Waals surface area contributed by atoms with Gasteiger partial charge in [0.25, 0.3) is 5.91 Å². The Balaban J connectivity index is 1.87. The number of nitrogens with one attached hydrogen (secondary N) is 2. The van der Waals surface area contributed by atoms with Crippen molar-refractivity contribution in [1.29, 1.82) is 0 Å². The lowest BCUT2D eigenvalue weighted by Gasteiger charge is -2.30. The van der Waals surface area contributed by atoms with Gasteiger partial charge in [-0.05, 0) is 49.3 Å². The van der Waals surface area contributed by atoms with Crippen molar-refractivity contribution >= 4 is 11.8 Å². The van der Waals surface area contributed by atoms with Crippen LogP contribution in [-0.4, -0.2) is 36.6 Å². The molecule has 0 spiro atoms. The van der Waals surface area contributed by atoms with Crippen molar-refractivity contribution in [3.8, 4) is 0 Å². The van der Waals surface area contributed by atoms with Gasteiger partial charge < -0.3 is 15.7 Å². The van der Waals surface area contributed by atoms with Crippen LogP contribution in [0.25, 0.3) is 0 Å². The van der Waals surface area contributed by atoms with Gasteiger partial charge in [0.1, 0.15) is 0 Å². The Labute approximate surface area is 150 Å². The molecule has 2 amide bonds. The number of hydrogen-bond donors (Lipinski definition) is 3. The number of aliphatic hydroxyl groups excluding tert-OH is 1. The minimum absolute atomic E-state index is 0.0226. The van der Waals surface area contributed by atoms with Crippen molar-refractivity contribution in [3.05, 3.63) is 35.4 Å². The summed E-state index contributed by atoms with van der Waals surface area (Å²) in [5.74, 6) is 0.391. The average molecular weight is 346 g/mol. The molecular formula is C20H30N2O3. The third-order valence-corrected chi connectivity index (χ3v) is 5.06. The first-order chi connectivity index (χ1) is 12.1. The van der Waals surface area contributed by atoms with Crippen LogP contribution in [0, 0.1) is 5.92 Å². The maximum Gasteiger partial charge on any atom is 0.251 e. The monoisotopic (exact) mass is 346 g/mol. The number of aliphatic hydroxyl groups is 1. The van der Waals surface area contributed by atoms with Crippen LogP contribution in [0.15, 0.2) is 24.3 Å². The molecule has 0 heterocycles. The fourth-order valence-corrected chi connectivity index (χ4v) is 3.65. The molecule has 0 radical (unpaired) electrons. The van der Waals surface area contributed by atoms with Crippen LogP contribution in [0.5, 0.6) is 0 Å². The molecule has 3 N–H and O–H groups in total. The highest BCUT2D eigenvalue weighted by atomic mass is 16.3. The van der Waals surface area contributed by atoms with Gasteiger partial charge in [0.15, 0.2) is 0 Å². The minimum Gasteiger partial charge on any atom is -0.396 e. The zero-order valence-electron chi connectivity index (χ0n) is 15.1. The van der Waals surface area contributed by atoms with Gasteiger partial charge in [-0.2, -0.15) is 0 Å². The number of aryl methyl sites for hydroxylation is 1. The zero-order valence-corrected chi connectivity index (χ0v) is 15.1. The zero-order chi connectivity index (χ0) is 18.1. The van der Waals surface area contributed by atoms with Gasteiger partial charge in [0.2, 0.25) is 5.91 Å². The Morgan fingerprint density at radius 3 is 2.68 bits per heavy atom. The lowest BCUT2D eigenvalue weighted by Crippen LogP contribution is -2.41. The largest absolute Gasteiger partial charge is 0.396 e. The van der Waals surface area contributed by atoms with Crippen molar-refractivity contribution < 1.29 is 14.7 Å². The normalized spacial score (nSPS) is 16.2. The number of benzene rings is 1. The second-order valence-corrected chi connectivity index (χ2v) is 6.86. The molecule has 138 valence electrons. The summed E-state index contributed by atoms with van der Waals surface area (Å²) in [7, 11) is 1.61. The molecule has 2 rings (SSSR count). The van der Waals surface area contributed by atoms with Crippen LogP contribution in [0.1, 0.15) is 60.9 Å². The average Bonchev–Trinajstić information content (AvgIpc) is 2.66. The molecule has 1 fully saturated rings. The maximum atomic E-state index is 12.3. The SMILES string of the molecule is CNC(=O)c1cccc(CCC(=O)NC(CCO)C2CCCCC2)c1. The molecule has 1 aliphatic rings. The summed E-state index contributed by atoms with van der Waals surface area (Å²) < 4.78 is 0. The molecule has 1 saturated carbocycles. The highest BCUT2D eigenvalue weighted by Crippen LogP contribution is 2.27. The van der Waals surface area contributed by atoms with Crippen LogP contribution in [0.4, 0.5) is 0 Å². The van der Waals surface area contributed by atoms with Crippen LogP contribution >= 0.6 is 0 Å². The molecule has 1 aliphatic carbocycles. The van der Waals surface area contributed by atoms with E-state index in [1.807, 2.05) is 18.2 Å². The maximum absolute atomic E-state index is 12.3. The lowest BCUT2D eigenvalue weighted by molar-refractivity contribution is -0.122. The first-order valence-corrected chi connectivity index (χ1v) is 9.35. The van der Waals surface area contributed by atoms with E-state index in [2.05, 4.69) is 10.6 Å². The second-order valence-electron chi connectivity index (χ2n) is 6.86. The number of hydrogen-bond acceptors (Lipinski definition) is 3. The molecule has 1 atom stereocenters. The summed E-state index contributed by atoms with van der Waals surface area (Å²) in [6.45, 7) is 0.107. The van der Waals surface area contributed by atoms with E-state index in [-0.39, 0.29) is 24.5 Å². The molecular weight excluding hydrogens is 316 g/mol. The van der Waals surface area contributed by atoms with Gasteiger partial charge >= 0.3 is 0 Å². The Morgan fingerprint density at radius 1 is 1.24 bits per heavy atom. The third-order valence-electron chi connectivity index (χ3n) is 5.06. The van der Waals surface area contributed by atoms with E-state index >= 15 is 0 Å². The fraction of sp³-hybridized carbons (Fsp3) is 0.600. The van der Waals surface area contributed by atoms with Gasteiger partial charge in [0.05, 0.1) is 0 Å². The smallest absolute Gasteiger partial charge is 0.251 e. The van der Waals surface area contributed by atoms with Crippen LogP contribution in [0.2, 0.25) is 0 Å². The first kappa shape index (κ1) is 19.4. The quantitative estimate of drug-likeness (QED) is 0.676. The molecule has 1 unspecified atom stereocenters. The topological polar surface area (TPSA) is 78.4 Å². The van der Waals surface area contributed by atoms with Crippen LogP contribution in [0.3, 0.4) is 0 Å². The molecule has 0 bridgehead atoms. The third kappa shape index (κ3) is 6.16. The van der Waals surface area contributed by atoms with Gasteiger partial charge in [-0.1, -0.05) is 31.4 Å². The van der Waals surface area contributed by atoms with E-state index in [0.29, 0.717) is 30.7 Å². The molecule has 1 aromatic rings. The van der Waals surface area contributed by atoms with Gasteiger partial charge in [-0.15, -0.1) is 0 Å². The highest BCUT2D eigenvalue weighted by molar-refractivity contribution is 5.94. The van der Waals surface area contributed by atoms with Crippen molar-refractivity contribution in [3.63, 3.8) is 0 Å². The van der Waals surface area contributed by atoms with E-state index in [0.717, 1.165) is 18.4 Å². The number of amides is 2. The molecule has 25 heavy (non-hydrogen) atoms. The van der Waals surface area contributed by atoms with Gasteiger partial charge in [0, 0.05) is 31.7 Å². The first-order valence-electron chi connectivity index (χ1n) is 9.35. The molecule has 5 heteroatoms. The fourth-order valence-electron chi connectivity index (χ4n) is 3.65. The van der Waals surface area contributed by atoms with Crippen molar-refractivity contribution in [2.45, 2.75) is 57.4 Å². The summed E-state index contributed by atoms with van der Waals surface area (Å²) in [5, 5.41) is 15.0. The van der Waals surface area contributed by atoms with E-state index < -0.39 is 0 Å². The predicted octanol–water partition coefficient (Wildman–Crippen LogP) is 2.43. The van der Waals surface area contributed by atoms with E-state index in [9.17, 15) is 14.7 Å². The number of carbonyl (C=O) groups is 2. The Bertz CT molecular complexity index is 568. The summed E-state index contributed by atoms with van der Waals surface area (Å²) in [6, 6.07) is 7.46. The van der Waals surface area contributed by atoms with E-state index in [1.165, 1.54) is 19.3 Å². The van der Waals surface area contributed by atoms with Gasteiger partial charge in [-0.25, -0.2) is 0 Å². The molecule has 0 saturated heterocycles. The van der Waals surface area contributed by atoms with E-state index in [1.54, 1.807) is 13.1 Å². The summed E-state index contributed by atoms with van der Waals surface area (Å²) in [6.07, 6.45) is 7.61. The summed E-state index contributed by atoms with van der Waals surface area (Å²) >= 11 is 0. The standard InChI is InChI=1S/C20H30N2O3/c1-21-20(25)17-9-5-6-15(14-17)10-11-19(24)22-18(12-13-23)16-7-3-2-4-8-16/h5-6,9,14,16,18,23H,2-4,7-8,10-13H2,1H3,(H,21,25)(H,22,24). The molecule has 1 aromatic carbocycles. The van der Waals surface area contributed by atoms with Crippen molar-refractivity contribution in [1.82, 2.24) is 10.6 Å². The molecule has 5 nitrogen and oxygen atoms in total. The second kappa shape index (κ2) is 10.2. The molecule has 0 aromatic heterocycles. The summed E-state index contributed by atoms with van der Waals surface area (Å²) in [4.78, 5) is 24.0. The Morgan fingerprint density at radius 2 is 2.00 bits per heavy atom. The lowest BCUT2D eigenvalue weighted by atomic mass is 9.82. The van der Waals surface area contributed by atoms with Crippen LogP contribution in [-0.2, 0) is 11.2 Å². The predicted molar refractivity (Wildman–Crippen MR) is 98.4 cm³/mol. The number of carbonyl (C=O) groups excluding carboxylic acids is 2. The van der Waals surface area contributed by atoms with Gasteiger partial charge in [-0.3, -0.25) is 9.59 Å². The number of rotatable bonds is 8. The minimum atomic E-state index is -0.119. The summed E-state index contributed by atoms with van der Waals surface area (Å²) in [5.41, 5.74) is 1.59.